The number of benzene rings is 1. The molecule has 1 heterocycles. The Kier molecular flexibility index (Phi) is 4.31. The number of rotatable bonds is 5. The van der Waals surface area contributed by atoms with Crippen molar-refractivity contribution in [2.24, 2.45) is 0 Å². The summed E-state index contributed by atoms with van der Waals surface area (Å²) in [6.45, 7) is 4.91. The molecule has 0 radical (unpaired) electrons. The molecule has 0 fully saturated rings. The van der Waals surface area contributed by atoms with Crippen molar-refractivity contribution in [2.75, 3.05) is 0 Å². The van der Waals surface area contributed by atoms with Crippen molar-refractivity contribution in [2.45, 2.75) is 27.0 Å². The lowest BCUT2D eigenvalue weighted by atomic mass is 10.1. The zero-order chi connectivity index (χ0) is 13.8. The van der Waals surface area contributed by atoms with E-state index in [1.807, 2.05) is 19.9 Å². The summed E-state index contributed by atoms with van der Waals surface area (Å²) in [6.07, 6.45) is 2.29. The average Bonchev–Trinajstić information content (AvgIpc) is 2.84. The van der Waals surface area contributed by atoms with Crippen molar-refractivity contribution < 1.29 is 9.53 Å². The molecule has 0 aliphatic rings. The van der Waals surface area contributed by atoms with Gasteiger partial charge in [-0.3, -0.25) is 4.79 Å². The molecule has 0 unspecified atom stereocenters. The van der Waals surface area contributed by atoms with E-state index >= 15 is 0 Å². The maximum Gasteiger partial charge on any atom is 0.164 e. The van der Waals surface area contributed by atoms with E-state index in [9.17, 15) is 4.79 Å². The summed E-state index contributed by atoms with van der Waals surface area (Å²) >= 11 is 3.36. The number of hydrogen-bond acceptors (Lipinski definition) is 4. The molecule has 100 valence electrons. The van der Waals surface area contributed by atoms with Crippen molar-refractivity contribution in [3.63, 3.8) is 0 Å². The third-order valence-electron chi connectivity index (χ3n) is 2.74. The molecular formula is C13H14BrN3O2. The molecule has 0 amide bonds. The molecule has 0 saturated heterocycles. The van der Waals surface area contributed by atoms with Crippen LogP contribution in [0.5, 0.6) is 5.75 Å². The lowest BCUT2D eigenvalue weighted by Gasteiger charge is -2.12. The zero-order valence-corrected chi connectivity index (χ0v) is 12.3. The summed E-state index contributed by atoms with van der Waals surface area (Å²) in [5.74, 6) is 1.32. The van der Waals surface area contributed by atoms with Crippen LogP contribution in [-0.2, 0) is 13.2 Å². The minimum absolute atomic E-state index is 0.289. The predicted molar refractivity (Wildman–Crippen MR) is 74.3 cm³/mol. The van der Waals surface area contributed by atoms with Gasteiger partial charge in [0.05, 0.1) is 5.56 Å². The fraction of sp³-hybridized carbons (Fsp3) is 0.308. The summed E-state index contributed by atoms with van der Waals surface area (Å²) in [6, 6.07) is 3.65. The molecule has 1 aromatic heterocycles. The van der Waals surface area contributed by atoms with Gasteiger partial charge < -0.3 is 4.74 Å². The third-order valence-corrected chi connectivity index (χ3v) is 3.19. The first-order valence-corrected chi connectivity index (χ1v) is 6.69. The number of carbonyl (C=O) groups is 1. The molecule has 0 atom stereocenters. The molecule has 0 aliphatic carbocycles. The van der Waals surface area contributed by atoms with Crippen LogP contribution in [0.3, 0.4) is 0 Å². The Labute approximate surface area is 119 Å². The molecule has 5 nitrogen and oxygen atoms in total. The maximum absolute atomic E-state index is 11.1. The standard InChI is InChI=1S/C13H14BrN3O2/c1-3-17-12(15-8-16-17)7-19-13-9(2)4-11(14)5-10(13)6-18/h4-6,8H,3,7H2,1-2H3. The number of ether oxygens (including phenoxy) is 1. The second kappa shape index (κ2) is 5.97. The van der Waals surface area contributed by atoms with Crippen LogP contribution in [0, 0.1) is 6.92 Å². The largest absolute Gasteiger partial charge is 0.485 e. The first-order valence-electron chi connectivity index (χ1n) is 5.90. The van der Waals surface area contributed by atoms with Gasteiger partial charge in [0.15, 0.2) is 12.1 Å². The van der Waals surface area contributed by atoms with Crippen LogP contribution in [0.4, 0.5) is 0 Å². The molecule has 0 spiro atoms. The Morgan fingerprint density at radius 2 is 2.26 bits per heavy atom. The molecule has 6 heteroatoms. The highest BCUT2D eigenvalue weighted by Gasteiger charge is 2.10. The average molecular weight is 324 g/mol. The van der Waals surface area contributed by atoms with E-state index in [0.29, 0.717) is 11.3 Å². The number of aryl methyl sites for hydroxylation is 2. The molecule has 0 saturated carbocycles. The van der Waals surface area contributed by atoms with Gasteiger partial charge in [-0.2, -0.15) is 5.10 Å². The molecule has 2 rings (SSSR count). The van der Waals surface area contributed by atoms with Crippen LogP contribution >= 0.6 is 15.9 Å². The van der Waals surface area contributed by atoms with Gasteiger partial charge in [0, 0.05) is 11.0 Å². The van der Waals surface area contributed by atoms with Crippen LogP contribution < -0.4 is 4.74 Å². The topological polar surface area (TPSA) is 57.0 Å². The van der Waals surface area contributed by atoms with Gasteiger partial charge in [-0.1, -0.05) is 15.9 Å². The monoisotopic (exact) mass is 323 g/mol. The van der Waals surface area contributed by atoms with Crippen LogP contribution in [-0.4, -0.2) is 21.1 Å². The van der Waals surface area contributed by atoms with E-state index in [1.165, 1.54) is 6.33 Å². The number of carbonyl (C=O) groups excluding carboxylic acids is 1. The Morgan fingerprint density at radius 1 is 1.47 bits per heavy atom. The van der Waals surface area contributed by atoms with E-state index < -0.39 is 0 Å². The van der Waals surface area contributed by atoms with Crippen LogP contribution in [0.15, 0.2) is 22.9 Å². The zero-order valence-electron chi connectivity index (χ0n) is 10.8. The minimum atomic E-state index is 0.289. The summed E-state index contributed by atoms with van der Waals surface area (Å²) in [4.78, 5) is 15.2. The third kappa shape index (κ3) is 3.01. The number of aromatic nitrogens is 3. The first-order chi connectivity index (χ1) is 9.15. The highest BCUT2D eigenvalue weighted by atomic mass is 79.9. The minimum Gasteiger partial charge on any atom is -0.485 e. The smallest absolute Gasteiger partial charge is 0.164 e. The number of hydrogen-bond donors (Lipinski definition) is 0. The molecular weight excluding hydrogens is 310 g/mol. The van der Waals surface area contributed by atoms with Crippen molar-refractivity contribution in [1.82, 2.24) is 14.8 Å². The summed E-state index contributed by atoms with van der Waals surface area (Å²) < 4.78 is 8.34. The molecule has 1 aromatic carbocycles. The maximum atomic E-state index is 11.1. The van der Waals surface area contributed by atoms with E-state index in [0.717, 1.165) is 28.7 Å². The van der Waals surface area contributed by atoms with Crippen LogP contribution in [0.2, 0.25) is 0 Å². The molecule has 2 aromatic rings. The fourth-order valence-electron chi connectivity index (χ4n) is 1.84. The first kappa shape index (κ1) is 13.7. The number of halogens is 1. The molecule has 19 heavy (non-hydrogen) atoms. The highest BCUT2D eigenvalue weighted by molar-refractivity contribution is 9.10. The van der Waals surface area contributed by atoms with Crippen molar-refractivity contribution in [3.8, 4) is 5.75 Å². The van der Waals surface area contributed by atoms with Crippen molar-refractivity contribution in [3.05, 3.63) is 39.9 Å². The highest BCUT2D eigenvalue weighted by Crippen LogP contribution is 2.27. The van der Waals surface area contributed by atoms with Gasteiger partial charge in [0.1, 0.15) is 18.7 Å². The normalized spacial score (nSPS) is 10.5. The second-order valence-corrected chi connectivity index (χ2v) is 4.96. The van der Waals surface area contributed by atoms with E-state index in [-0.39, 0.29) is 6.61 Å². The molecule has 0 N–H and O–H groups in total. The van der Waals surface area contributed by atoms with E-state index in [2.05, 4.69) is 26.0 Å². The van der Waals surface area contributed by atoms with Crippen LogP contribution in [0.1, 0.15) is 28.7 Å². The van der Waals surface area contributed by atoms with Crippen molar-refractivity contribution in [1.29, 1.82) is 0 Å². The summed E-state index contributed by atoms with van der Waals surface area (Å²) in [5.41, 5.74) is 1.42. The van der Waals surface area contributed by atoms with Crippen LogP contribution in [0.25, 0.3) is 0 Å². The quantitative estimate of drug-likeness (QED) is 0.794. The van der Waals surface area contributed by atoms with Gasteiger partial charge >= 0.3 is 0 Å². The van der Waals surface area contributed by atoms with Gasteiger partial charge in [-0.25, -0.2) is 9.67 Å². The Bertz CT molecular complexity index is 596. The Balaban J connectivity index is 2.22. The Morgan fingerprint density at radius 3 is 2.95 bits per heavy atom. The number of aldehydes is 1. The van der Waals surface area contributed by atoms with Crippen molar-refractivity contribution >= 4 is 22.2 Å². The van der Waals surface area contributed by atoms with Gasteiger partial charge in [0.25, 0.3) is 0 Å². The van der Waals surface area contributed by atoms with E-state index in [1.54, 1.807) is 10.7 Å². The number of nitrogens with zero attached hydrogens (tertiary/aromatic N) is 3. The summed E-state index contributed by atoms with van der Waals surface area (Å²) in [5, 5.41) is 4.07. The molecule has 0 aliphatic heterocycles. The van der Waals surface area contributed by atoms with Gasteiger partial charge in [0.2, 0.25) is 0 Å². The SMILES string of the molecule is CCn1ncnc1COc1c(C)cc(Br)cc1C=O. The van der Waals surface area contributed by atoms with Gasteiger partial charge in [-0.05, 0) is 31.5 Å². The lowest BCUT2D eigenvalue weighted by molar-refractivity contribution is 0.111. The lowest BCUT2D eigenvalue weighted by Crippen LogP contribution is -2.08. The van der Waals surface area contributed by atoms with Gasteiger partial charge in [-0.15, -0.1) is 0 Å². The molecule has 0 bridgehead atoms. The Hall–Kier alpha value is -1.69. The fourth-order valence-corrected chi connectivity index (χ4v) is 2.43. The summed E-state index contributed by atoms with van der Waals surface area (Å²) in [7, 11) is 0. The van der Waals surface area contributed by atoms with E-state index in [4.69, 9.17) is 4.74 Å². The predicted octanol–water partition coefficient (Wildman–Crippen LogP) is 2.76. The second-order valence-electron chi connectivity index (χ2n) is 4.04.